The van der Waals surface area contributed by atoms with Gasteiger partial charge in [-0.2, -0.15) is 0 Å². The summed E-state index contributed by atoms with van der Waals surface area (Å²) >= 11 is 0. The first kappa shape index (κ1) is 36.1. The van der Waals surface area contributed by atoms with Gasteiger partial charge in [0.15, 0.2) is 6.29 Å². The highest BCUT2D eigenvalue weighted by Crippen LogP contribution is 2.53. The zero-order valence-electron chi connectivity index (χ0n) is 28.8. The summed E-state index contributed by atoms with van der Waals surface area (Å²) in [6.07, 6.45) is 6.44. The van der Waals surface area contributed by atoms with Crippen molar-refractivity contribution in [2.45, 2.75) is 82.6 Å². The second-order valence-electron chi connectivity index (χ2n) is 14.1. The number of aliphatic hydroxyl groups is 1. The van der Waals surface area contributed by atoms with E-state index in [1.165, 1.54) is 28.6 Å². The number of benzene rings is 3. The number of hydrogen-bond acceptors (Lipinski definition) is 6. The van der Waals surface area contributed by atoms with E-state index in [-0.39, 0.29) is 48.3 Å². The predicted octanol–water partition coefficient (Wildman–Crippen LogP) is 6.69. The molecule has 0 bridgehead atoms. The van der Waals surface area contributed by atoms with Crippen LogP contribution in [0.15, 0.2) is 97.1 Å². The Kier molecular flexibility index (Phi) is 12.1. The number of carbonyl (C=O) groups is 1. The molecular formula is C40H51FO6Si. The van der Waals surface area contributed by atoms with Crippen molar-refractivity contribution in [3.8, 4) is 0 Å². The van der Waals surface area contributed by atoms with Gasteiger partial charge in [-0.15, -0.1) is 0 Å². The van der Waals surface area contributed by atoms with Crippen molar-refractivity contribution in [1.29, 1.82) is 0 Å². The summed E-state index contributed by atoms with van der Waals surface area (Å²) in [4.78, 5) is 12.4. The molecule has 0 amide bonds. The topological polar surface area (TPSA) is 74.2 Å². The van der Waals surface area contributed by atoms with Crippen LogP contribution in [0, 0.1) is 17.7 Å². The van der Waals surface area contributed by atoms with Crippen LogP contribution in [-0.2, 0) is 28.8 Å². The second kappa shape index (κ2) is 16.0. The van der Waals surface area contributed by atoms with Crippen molar-refractivity contribution in [1.82, 2.24) is 0 Å². The van der Waals surface area contributed by atoms with Gasteiger partial charge in [-0.1, -0.05) is 99.6 Å². The minimum atomic E-state index is -2.92. The van der Waals surface area contributed by atoms with E-state index in [0.717, 1.165) is 24.8 Å². The van der Waals surface area contributed by atoms with Gasteiger partial charge in [0, 0.05) is 30.6 Å². The minimum Gasteiger partial charge on any atom is -0.463 e. The molecule has 2 aliphatic rings. The Hall–Kier alpha value is -3.14. The van der Waals surface area contributed by atoms with Crippen LogP contribution in [-0.4, -0.2) is 58.2 Å². The maximum atomic E-state index is 14.2. The third-order valence-corrected chi connectivity index (χ3v) is 15.3. The molecule has 1 aliphatic heterocycles. The van der Waals surface area contributed by atoms with Gasteiger partial charge in [0.25, 0.3) is 8.32 Å². The molecule has 1 unspecified atom stereocenters. The Balaban J connectivity index is 1.61. The molecule has 8 heteroatoms. The molecule has 0 aromatic heterocycles. The molecule has 1 saturated carbocycles. The fourth-order valence-electron chi connectivity index (χ4n) is 7.99. The van der Waals surface area contributed by atoms with Crippen molar-refractivity contribution in [3.63, 3.8) is 0 Å². The number of ether oxygens (including phenoxy) is 3. The maximum Gasteiger partial charge on any atom is 0.330 e. The molecule has 0 spiro atoms. The maximum absolute atomic E-state index is 14.2. The zero-order chi connectivity index (χ0) is 34.2. The normalized spacial score (nSPS) is 25.0. The Morgan fingerprint density at radius 2 is 1.65 bits per heavy atom. The molecule has 258 valence electrons. The molecular weight excluding hydrogens is 624 g/mol. The van der Waals surface area contributed by atoms with Crippen LogP contribution in [0.4, 0.5) is 4.39 Å². The average molecular weight is 675 g/mol. The quantitative estimate of drug-likeness (QED) is 0.124. The predicted molar refractivity (Wildman–Crippen MR) is 189 cm³/mol. The van der Waals surface area contributed by atoms with Crippen molar-refractivity contribution >= 4 is 24.7 Å². The summed E-state index contributed by atoms with van der Waals surface area (Å²) < 4.78 is 39.9. The van der Waals surface area contributed by atoms with E-state index in [2.05, 4.69) is 69.3 Å². The summed E-state index contributed by atoms with van der Waals surface area (Å²) in [5, 5.41) is 13.5. The van der Waals surface area contributed by atoms with E-state index < -0.39 is 19.7 Å². The third kappa shape index (κ3) is 7.68. The van der Waals surface area contributed by atoms with E-state index in [1.54, 1.807) is 19.1 Å². The van der Waals surface area contributed by atoms with Gasteiger partial charge in [-0.3, -0.25) is 0 Å². The Bertz CT molecular complexity index is 1430. The molecule has 5 rings (SSSR count). The molecule has 3 aromatic rings. The highest BCUT2D eigenvalue weighted by molar-refractivity contribution is 6.99. The van der Waals surface area contributed by atoms with E-state index >= 15 is 0 Å². The highest BCUT2D eigenvalue weighted by atomic mass is 28.4. The van der Waals surface area contributed by atoms with Gasteiger partial charge in [0.2, 0.25) is 0 Å². The fourth-order valence-corrected chi connectivity index (χ4v) is 12.6. The fraction of sp³-hybridized carbons (Fsp3) is 0.475. The van der Waals surface area contributed by atoms with Crippen LogP contribution < -0.4 is 10.4 Å². The number of aliphatic hydroxyl groups excluding tert-OH is 1. The second-order valence-corrected chi connectivity index (χ2v) is 18.4. The molecule has 48 heavy (non-hydrogen) atoms. The largest absolute Gasteiger partial charge is 0.463 e. The number of hydrogen-bond donors (Lipinski definition) is 1. The van der Waals surface area contributed by atoms with Gasteiger partial charge in [-0.05, 0) is 78.1 Å². The van der Waals surface area contributed by atoms with Crippen molar-refractivity contribution in [3.05, 3.63) is 108 Å². The summed E-state index contributed by atoms with van der Waals surface area (Å²) in [6, 6.07) is 27.5. The Morgan fingerprint density at radius 3 is 2.19 bits per heavy atom. The molecule has 5 atom stereocenters. The Labute approximate surface area is 286 Å². The van der Waals surface area contributed by atoms with Crippen molar-refractivity contribution < 1.29 is 32.9 Å². The molecule has 0 radical (unpaired) electrons. The van der Waals surface area contributed by atoms with E-state index in [1.807, 2.05) is 18.2 Å². The number of allylic oxidation sites excluding steroid dienone is 1. The number of carbonyl (C=O) groups excluding carboxylic acids is 1. The van der Waals surface area contributed by atoms with Crippen LogP contribution in [0.3, 0.4) is 0 Å². The Morgan fingerprint density at radius 1 is 1.00 bits per heavy atom. The first-order chi connectivity index (χ1) is 23.1. The lowest BCUT2D eigenvalue weighted by Gasteiger charge is -2.44. The molecule has 6 nitrogen and oxygen atoms in total. The van der Waals surface area contributed by atoms with Crippen LogP contribution in [0.1, 0.15) is 65.4 Å². The minimum absolute atomic E-state index is 0.169. The van der Waals surface area contributed by atoms with Crippen molar-refractivity contribution in [2.75, 3.05) is 26.4 Å². The van der Waals surface area contributed by atoms with E-state index in [4.69, 9.17) is 18.6 Å². The SMILES string of the molecule is CCOC(=O)/C=C\C[C@H]1[C@H](CO[Si](c2ccccc2)(c2ccccc2)C(C)(C)C)[C@@H](OC2CCCCO2)C[C@]1(CO)c1ccc(F)cc1. The molecule has 2 fully saturated rings. The average Bonchev–Trinajstić information content (AvgIpc) is 3.38. The molecule has 1 saturated heterocycles. The number of rotatable bonds is 13. The summed E-state index contributed by atoms with van der Waals surface area (Å²) in [5.41, 5.74) is 0.0675. The lowest BCUT2D eigenvalue weighted by atomic mass is 9.69. The standard InChI is InChI=1S/C40H51FO6Si/c1-5-44-37(43)20-14-19-35-34(28-46-48(39(2,3)4,32-15-8-6-9-16-32)33-17-10-7-11-18-33)36(47-38-21-12-13-26-45-38)27-40(35,29-42)30-22-24-31(41)25-23-30/h6-11,14-18,20,22-25,34-36,38,42H,5,12-13,19,21,26-29H2,1-4H3/b20-14-/t34-,35-,36-,38?,40-/m0/s1. The lowest BCUT2D eigenvalue weighted by Crippen LogP contribution is -2.67. The highest BCUT2D eigenvalue weighted by Gasteiger charge is 2.57. The third-order valence-electron chi connectivity index (χ3n) is 10.3. The zero-order valence-corrected chi connectivity index (χ0v) is 29.8. The number of esters is 1. The first-order valence-corrected chi connectivity index (χ1v) is 19.3. The van der Waals surface area contributed by atoms with E-state index in [0.29, 0.717) is 26.1 Å². The van der Waals surface area contributed by atoms with Crippen LogP contribution in [0.2, 0.25) is 5.04 Å². The molecule has 1 N–H and O–H groups in total. The monoisotopic (exact) mass is 674 g/mol. The first-order valence-electron chi connectivity index (χ1n) is 17.4. The van der Waals surface area contributed by atoms with Crippen LogP contribution in [0.25, 0.3) is 0 Å². The smallest absolute Gasteiger partial charge is 0.330 e. The van der Waals surface area contributed by atoms with Gasteiger partial charge < -0.3 is 23.7 Å². The summed E-state index contributed by atoms with van der Waals surface area (Å²) in [5.74, 6) is -1.12. The van der Waals surface area contributed by atoms with Crippen molar-refractivity contribution in [2.24, 2.45) is 11.8 Å². The summed E-state index contributed by atoms with van der Waals surface area (Å²) in [7, 11) is -2.92. The molecule has 3 aromatic carbocycles. The summed E-state index contributed by atoms with van der Waals surface area (Å²) in [6.45, 7) is 9.69. The van der Waals surface area contributed by atoms with E-state index in [9.17, 15) is 14.3 Å². The lowest BCUT2D eigenvalue weighted by molar-refractivity contribution is -0.197. The van der Waals surface area contributed by atoms with Gasteiger partial charge in [0.1, 0.15) is 5.82 Å². The molecule has 1 aliphatic carbocycles. The number of halogens is 1. The van der Waals surface area contributed by atoms with Gasteiger partial charge in [0.05, 0.1) is 19.3 Å². The van der Waals surface area contributed by atoms with Gasteiger partial charge in [-0.25, -0.2) is 9.18 Å². The van der Waals surface area contributed by atoms with Crippen LogP contribution >= 0.6 is 0 Å². The van der Waals surface area contributed by atoms with Gasteiger partial charge >= 0.3 is 5.97 Å². The molecule has 1 heterocycles. The van der Waals surface area contributed by atoms with Crippen LogP contribution in [0.5, 0.6) is 0 Å².